The third-order valence-electron chi connectivity index (χ3n) is 4.13. The molecule has 0 bridgehead atoms. The number of carbonyl (C=O) groups is 2. The standard InChI is InChI=1S/C20H20ClN3O3S/c1-11-8-16(17(27-3)10-14(11)21)23-19(26)7-5-13-4-6-15-18(9-13)28-20(24-15)22-12(2)25/h4,6,8-10H,5,7H2,1-3H3,(H,23,26)(H,22,24,25). The maximum Gasteiger partial charge on any atom is 0.224 e. The molecule has 2 N–H and O–H groups in total. The van der Waals surface area contributed by atoms with Crippen LogP contribution in [-0.4, -0.2) is 23.9 Å². The van der Waals surface area contributed by atoms with Crippen LogP contribution in [0.2, 0.25) is 5.02 Å². The Labute approximate surface area is 171 Å². The van der Waals surface area contributed by atoms with E-state index in [2.05, 4.69) is 15.6 Å². The molecule has 0 unspecified atom stereocenters. The minimum atomic E-state index is -0.149. The maximum atomic E-state index is 12.4. The SMILES string of the molecule is COc1cc(Cl)c(C)cc1NC(=O)CCc1ccc2nc(NC(C)=O)sc2c1. The van der Waals surface area contributed by atoms with Crippen molar-refractivity contribution in [2.75, 3.05) is 17.7 Å². The summed E-state index contributed by atoms with van der Waals surface area (Å²) in [6.45, 7) is 3.32. The Balaban J connectivity index is 1.66. The molecule has 146 valence electrons. The lowest BCUT2D eigenvalue weighted by atomic mass is 10.1. The van der Waals surface area contributed by atoms with Crippen LogP contribution >= 0.6 is 22.9 Å². The van der Waals surface area contributed by atoms with Gasteiger partial charge in [-0.05, 0) is 42.7 Å². The summed E-state index contributed by atoms with van der Waals surface area (Å²) in [5.74, 6) is 0.271. The molecule has 0 aliphatic carbocycles. The van der Waals surface area contributed by atoms with Crippen molar-refractivity contribution in [2.24, 2.45) is 0 Å². The van der Waals surface area contributed by atoms with Crippen molar-refractivity contribution in [1.29, 1.82) is 0 Å². The minimum Gasteiger partial charge on any atom is -0.495 e. The minimum absolute atomic E-state index is 0.108. The number of hydrogen-bond donors (Lipinski definition) is 2. The zero-order valence-corrected chi connectivity index (χ0v) is 17.3. The molecule has 8 heteroatoms. The number of nitrogens with zero attached hydrogens (tertiary/aromatic N) is 1. The van der Waals surface area contributed by atoms with Gasteiger partial charge in [-0.2, -0.15) is 0 Å². The number of aryl methyl sites for hydroxylation is 2. The monoisotopic (exact) mass is 417 g/mol. The molecule has 3 rings (SSSR count). The number of halogens is 1. The van der Waals surface area contributed by atoms with Crippen molar-refractivity contribution in [1.82, 2.24) is 4.98 Å². The van der Waals surface area contributed by atoms with E-state index in [1.54, 1.807) is 12.1 Å². The number of thiazole rings is 1. The first-order valence-corrected chi connectivity index (χ1v) is 9.86. The van der Waals surface area contributed by atoms with Gasteiger partial charge in [-0.1, -0.05) is 29.0 Å². The Bertz CT molecular complexity index is 1050. The molecule has 0 aliphatic heterocycles. The molecular weight excluding hydrogens is 398 g/mol. The van der Waals surface area contributed by atoms with Gasteiger partial charge < -0.3 is 15.4 Å². The molecule has 0 atom stereocenters. The number of nitrogens with one attached hydrogen (secondary N) is 2. The Kier molecular flexibility index (Phi) is 6.16. The normalized spacial score (nSPS) is 10.7. The van der Waals surface area contributed by atoms with Crippen molar-refractivity contribution < 1.29 is 14.3 Å². The van der Waals surface area contributed by atoms with Crippen molar-refractivity contribution in [2.45, 2.75) is 26.7 Å². The number of hydrogen-bond acceptors (Lipinski definition) is 5. The number of aromatic nitrogens is 1. The van der Waals surface area contributed by atoms with E-state index in [9.17, 15) is 9.59 Å². The predicted octanol–water partition coefficient (Wildman–Crippen LogP) is 4.80. The van der Waals surface area contributed by atoms with Gasteiger partial charge in [0.05, 0.1) is 23.0 Å². The molecule has 1 aromatic heterocycles. The molecular formula is C20H20ClN3O3S. The number of ether oxygens (including phenoxy) is 1. The van der Waals surface area contributed by atoms with Crippen molar-refractivity contribution in [3.63, 3.8) is 0 Å². The molecule has 0 spiro atoms. The number of anilines is 2. The summed E-state index contributed by atoms with van der Waals surface area (Å²) in [5.41, 5.74) is 3.32. The van der Waals surface area contributed by atoms with E-state index < -0.39 is 0 Å². The van der Waals surface area contributed by atoms with Gasteiger partial charge in [-0.3, -0.25) is 9.59 Å². The maximum absolute atomic E-state index is 12.4. The molecule has 3 aromatic rings. The van der Waals surface area contributed by atoms with Crippen LogP contribution in [0.3, 0.4) is 0 Å². The zero-order valence-electron chi connectivity index (χ0n) is 15.8. The lowest BCUT2D eigenvalue weighted by molar-refractivity contribution is -0.116. The van der Waals surface area contributed by atoms with Gasteiger partial charge in [0.25, 0.3) is 0 Å². The molecule has 2 aromatic carbocycles. The highest BCUT2D eigenvalue weighted by Gasteiger charge is 2.11. The second kappa shape index (κ2) is 8.58. The highest BCUT2D eigenvalue weighted by molar-refractivity contribution is 7.22. The van der Waals surface area contributed by atoms with E-state index in [0.717, 1.165) is 21.3 Å². The fourth-order valence-corrected chi connectivity index (χ4v) is 3.86. The second-order valence-electron chi connectivity index (χ2n) is 6.35. The predicted molar refractivity (Wildman–Crippen MR) is 114 cm³/mol. The van der Waals surface area contributed by atoms with Gasteiger partial charge in [0.2, 0.25) is 11.8 Å². The van der Waals surface area contributed by atoms with Crippen LogP contribution in [0, 0.1) is 6.92 Å². The highest BCUT2D eigenvalue weighted by atomic mass is 35.5. The van der Waals surface area contributed by atoms with Crippen molar-refractivity contribution >= 4 is 55.8 Å². The highest BCUT2D eigenvalue weighted by Crippen LogP contribution is 2.31. The lowest BCUT2D eigenvalue weighted by Gasteiger charge is -2.12. The number of fused-ring (bicyclic) bond motifs is 1. The van der Waals surface area contributed by atoms with Crippen LogP contribution < -0.4 is 15.4 Å². The summed E-state index contributed by atoms with van der Waals surface area (Å²) in [7, 11) is 1.54. The number of carbonyl (C=O) groups excluding carboxylic acids is 2. The number of methoxy groups -OCH3 is 1. The van der Waals surface area contributed by atoms with Crippen LogP contribution in [0.25, 0.3) is 10.2 Å². The first-order chi connectivity index (χ1) is 13.4. The Hall–Kier alpha value is -2.64. The van der Waals surface area contributed by atoms with Gasteiger partial charge in [0.1, 0.15) is 5.75 Å². The molecule has 28 heavy (non-hydrogen) atoms. The molecule has 0 aliphatic rings. The number of amides is 2. The number of benzene rings is 2. The third-order valence-corrected chi connectivity index (χ3v) is 5.47. The van der Waals surface area contributed by atoms with E-state index in [1.807, 2.05) is 25.1 Å². The molecule has 6 nitrogen and oxygen atoms in total. The molecule has 0 fully saturated rings. The van der Waals surface area contributed by atoms with E-state index >= 15 is 0 Å². The zero-order chi connectivity index (χ0) is 20.3. The van der Waals surface area contributed by atoms with Crippen LogP contribution in [0.15, 0.2) is 30.3 Å². The van der Waals surface area contributed by atoms with Crippen LogP contribution in [0.4, 0.5) is 10.8 Å². The van der Waals surface area contributed by atoms with Gasteiger partial charge in [-0.25, -0.2) is 4.98 Å². The molecule has 0 saturated carbocycles. The summed E-state index contributed by atoms with van der Waals surface area (Å²) in [6.07, 6.45) is 0.914. The summed E-state index contributed by atoms with van der Waals surface area (Å²) in [5, 5.41) is 6.74. The summed E-state index contributed by atoms with van der Waals surface area (Å²) >= 11 is 7.51. The van der Waals surface area contributed by atoms with Gasteiger partial charge in [0, 0.05) is 24.4 Å². The Morgan fingerprint density at radius 3 is 2.71 bits per heavy atom. The van der Waals surface area contributed by atoms with E-state index in [0.29, 0.717) is 34.4 Å². The molecule has 1 heterocycles. The summed E-state index contributed by atoms with van der Waals surface area (Å²) < 4.78 is 6.26. The fraction of sp³-hybridized carbons (Fsp3) is 0.250. The van der Waals surface area contributed by atoms with E-state index in [4.69, 9.17) is 16.3 Å². The van der Waals surface area contributed by atoms with Gasteiger partial charge >= 0.3 is 0 Å². The van der Waals surface area contributed by atoms with Crippen molar-refractivity contribution in [3.05, 3.63) is 46.5 Å². The average Bonchev–Trinajstić information content (AvgIpc) is 3.03. The van der Waals surface area contributed by atoms with Crippen molar-refractivity contribution in [3.8, 4) is 5.75 Å². The third kappa shape index (κ3) is 4.79. The Morgan fingerprint density at radius 1 is 1.21 bits per heavy atom. The molecule has 2 amide bonds. The smallest absolute Gasteiger partial charge is 0.224 e. The van der Waals surface area contributed by atoms with Gasteiger partial charge in [0.15, 0.2) is 5.13 Å². The van der Waals surface area contributed by atoms with Crippen LogP contribution in [0.1, 0.15) is 24.5 Å². The fourth-order valence-electron chi connectivity index (χ4n) is 2.73. The quantitative estimate of drug-likeness (QED) is 0.603. The summed E-state index contributed by atoms with van der Waals surface area (Å²) in [6, 6.07) is 9.33. The lowest BCUT2D eigenvalue weighted by Crippen LogP contribution is -2.13. The Morgan fingerprint density at radius 2 is 2.00 bits per heavy atom. The number of rotatable bonds is 6. The van der Waals surface area contributed by atoms with Crippen LogP contribution in [-0.2, 0) is 16.0 Å². The summed E-state index contributed by atoms with van der Waals surface area (Å²) in [4.78, 5) is 27.9. The molecule has 0 saturated heterocycles. The first-order valence-electron chi connectivity index (χ1n) is 8.66. The average molecular weight is 418 g/mol. The van der Waals surface area contributed by atoms with Crippen LogP contribution in [0.5, 0.6) is 5.75 Å². The first kappa shape index (κ1) is 20.1. The van der Waals surface area contributed by atoms with Gasteiger partial charge in [-0.15, -0.1) is 0 Å². The largest absolute Gasteiger partial charge is 0.495 e. The molecule has 0 radical (unpaired) electrons. The topological polar surface area (TPSA) is 80.3 Å². The van der Waals surface area contributed by atoms with E-state index in [-0.39, 0.29) is 11.8 Å². The van der Waals surface area contributed by atoms with E-state index in [1.165, 1.54) is 25.4 Å². The second-order valence-corrected chi connectivity index (χ2v) is 7.79.